The maximum atomic E-state index is 12.3. The molecule has 0 saturated carbocycles. The molecular formula is C19H24N2O6. The minimum Gasteiger partial charge on any atom is -0.466 e. The average Bonchev–Trinajstić information content (AvgIpc) is 2.70. The highest BCUT2D eigenvalue weighted by molar-refractivity contribution is 6.03. The smallest absolute Gasteiger partial charge is 0.355 e. The molecule has 1 aliphatic heterocycles. The Morgan fingerprint density at radius 1 is 1.07 bits per heavy atom. The van der Waals surface area contributed by atoms with Crippen molar-refractivity contribution in [2.75, 3.05) is 46.6 Å². The highest BCUT2D eigenvalue weighted by atomic mass is 16.5. The summed E-state index contributed by atoms with van der Waals surface area (Å²) in [6.07, 6.45) is 1.03. The van der Waals surface area contributed by atoms with Crippen LogP contribution < -0.4 is 4.90 Å². The summed E-state index contributed by atoms with van der Waals surface area (Å²) in [5.74, 6) is -1.22. The SMILES string of the molecule is COC(=O)C1=C(C(=O)OC)N(c2ccc(CCC(=O)N(C)C)cc2)COC1. The number of esters is 2. The Morgan fingerprint density at radius 2 is 1.70 bits per heavy atom. The Balaban J connectivity index is 2.25. The molecule has 8 nitrogen and oxygen atoms in total. The van der Waals surface area contributed by atoms with E-state index in [0.29, 0.717) is 18.5 Å². The first-order valence-electron chi connectivity index (χ1n) is 8.43. The van der Waals surface area contributed by atoms with Crippen molar-refractivity contribution in [1.29, 1.82) is 0 Å². The van der Waals surface area contributed by atoms with E-state index in [1.165, 1.54) is 14.2 Å². The van der Waals surface area contributed by atoms with Crippen LogP contribution in [0.2, 0.25) is 0 Å². The van der Waals surface area contributed by atoms with Crippen LogP contribution >= 0.6 is 0 Å². The number of ether oxygens (including phenoxy) is 3. The van der Waals surface area contributed by atoms with Gasteiger partial charge in [0.25, 0.3) is 0 Å². The van der Waals surface area contributed by atoms with Crippen molar-refractivity contribution in [3.63, 3.8) is 0 Å². The second-order valence-corrected chi connectivity index (χ2v) is 6.17. The van der Waals surface area contributed by atoms with Gasteiger partial charge in [0.2, 0.25) is 5.91 Å². The van der Waals surface area contributed by atoms with Gasteiger partial charge in [-0.3, -0.25) is 4.79 Å². The third kappa shape index (κ3) is 4.85. The minimum atomic E-state index is -0.640. The van der Waals surface area contributed by atoms with E-state index in [1.54, 1.807) is 23.9 Å². The first-order valence-corrected chi connectivity index (χ1v) is 8.43. The molecule has 1 amide bonds. The van der Waals surface area contributed by atoms with E-state index < -0.39 is 11.9 Å². The molecule has 0 N–H and O–H groups in total. The molecule has 0 unspecified atom stereocenters. The molecule has 27 heavy (non-hydrogen) atoms. The molecule has 0 spiro atoms. The molecule has 0 aromatic heterocycles. The molecule has 1 aromatic carbocycles. The number of anilines is 1. The number of nitrogens with zero attached hydrogens (tertiary/aromatic N) is 2. The Hall–Kier alpha value is -2.87. The van der Waals surface area contributed by atoms with Gasteiger partial charge in [-0.05, 0) is 24.1 Å². The topological polar surface area (TPSA) is 85.4 Å². The van der Waals surface area contributed by atoms with Gasteiger partial charge in [0, 0.05) is 26.2 Å². The number of benzene rings is 1. The fourth-order valence-corrected chi connectivity index (χ4v) is 2.66. The van der Waals surface area contributed by atoms with Crippen LogP contribution in [-0.2, 0) is 35.0 Å². The zero-order valence-corrected chi connectivity index (χ0v) is 16.0. The van der Waals surface area contributed by atoms with Gasteiger partial charge >= 0.3 is 11.9 Å². The van der Waals surface area contributed by atoms with E-state index in [9.17, 15) is 14.4 Å². The summed E-state index contributed by atoms with van der Waals surface area (Å²) in [4.78, 5) is 39.1. The molecule has 146 valence electrons. The maximum Gasteiger partial charge on any atom is 0.355 e. The monoisotopic (exact) mass is 376 g/mol. The van der Waals surface area contributed by atoms with Crippen molar-refractivity contribution in [3.8, 4) is 0 Å². The Labute approximate surface area is 158 Å². The Bertz CT molecular complexity index is 739. The molecule has 0 bridgehead atoms. The summed E-state index contributed by atoms with van der Waals surface area (Å²) in [6, 6.07) is 7.36. The highest BCUT2D eigenvalue weighted by Gasteiger charge is 2.32. The first kappa shape index (κ1) is 20.4. The van der Waals surface area contributed by atoms with Gasteiger partial charge in [-0.25, -0.2) is 9.59 Å². The zero-order valence-electron chi connectivity index (χ0n) is 16.0. The molecule has 1 heterocycles. The van der Waals surface area contributed by atoms with E-state index in [-0.39, 0.29) is 30.5 Å². The fraction of sp³-hybridized carbons (Fsp3) is 0.421. The summed E-state index contributed by atoms with van der Waals surface area (Å²) in [5, 5.41) is 0. The van der Waals surface area contributed by atoms with Gasteiger partial charge in [-0.1, -0.05) is 12.1 Å². The number of aryl methyl sites for hydroxylation is 1. The number of hydrogen-bond acceptors (Lipinski definition) is 7. The predicted octanol–water partition coefficient (Wildman–Crippen LogP) is 1.10. The van der Waals surface area contributed by atoms with Crippen molar-refractivity contribution in [2.45, 2.75) is 12.8 Å². The van der Waals surface area contributed by atoms with Crippen molar-refractivity contribution in [2.24, 2.45) is 0 Å². The van der Waals surface area contributed by atoms with Crippen LogP contribution in [0.15, 0.2) is 35.5 Å². The summed E-state index contributed by atoms with van der Waals surface area (Å²) < 4.78 is 15.0. The normalized spacial score (nSPS) is 14.0. The van der Waals surface area contributed by atoms with E-state index in [2.05, 4.69) is 0 Å². The molecule has 0 atom stereocenters. The minimum absolute atomic E-state index is 0.0294. The zero-order chi connectivity index (χ0) is 20.0. The average molecular weight is 376 g/mol. The van der Waals surface area contributed by atoms with Gasteiger partial charge in [0.15, 0.2) is 0 Å². The van der Waals surface area contributed by atoms with Crippen molar-refractivity contribution < 1.29 is 28.6 Å². The van der Waals surface area contributed by atoms with Crippen LogP contribution in [0.1, 0.15) is 12.0 Å². The fourth-order valence-electron chi connectivity index (χ4n) is 2.66. The van der Waals surface area contributed by atoms with E-state index in [0.717, 1.165) is 5.56 Å². The number of hydrogen-bond donors (Lipinski definition) is 0. The lowest BCUT2D eigenvalue weighted by Crippen LogP contribution is -2.38. The first-order chi connectivity index (χ1) is 12.9. The van der Waals surface area contributed by atoms with Crippen LogP contribution in [0, 0.1) is 0 Å². The van der Waals surface area contributed by atoms with E-state index in [4.69, 9.17) is 14.2 Å². The predicted molar refractivity (Wildman–Crippen MR) is 97.8 cm³/mol. The lowest BCUT2D eigenvalue weighted by atomic mass is 10.1. The van der Waals surface area contributed by atoms with Gasteiger partial charge in [0.1, 0.15) is 12.4 Å². The standard InChI is InChI=1S/C19H24N2O6/c1-20(2)16(22)10-7-13-5-8-14(9-6-13)21-12-27-11-15(18(23)25-3)17(21)19(24)26-4/h5-6,8-9H,7,10-12H2,1-4H3. The van der Waals surface area contributed by atoms with E-state index in [1.807, 2.05) is 24.3 Å². The van der Waals surface area contributed by atoms with Gasteiger partial charge in [0.05, 0.1) is 26.4 Å². The second-order valence-electron chi connectivity index (χ2n) is 6.17. The largest absolute Gasteiger partial charge is 0.466 e. The van der Waals surface area contributed by atoms with E-state index >= 15 is 0 Å². The molecule has 0 aliphatic carbocycles. The number of methoxy groups -OCH3 is 2. The molecule has 0 fully saturated rings. The summed E-state index contributed by atoms with van der Waals surface area (Å²) >= 11 is 0. The molecular weight excluding hydrogens is 352 g/mol. The number of carbonyl (C=O) groups excluding carboxylic acids is 3. The third-order valence-corrected chi connectivity index (χ3v) is 4.21. The van der Waals surface area contributed by atoms with Gasteiger partial charge in [-0.2, -0.15) is 0 Å². The number of rotatable bonds is 6. The lowest BCUT2D eigenvalue weighted by molar-refractivity contribution is -0.140. The molecule has 2 rings (SSSR count). The van der Waals surface area contributed by atoms with Crippen LogP contribution in [0.3, 0.4) is 0 Å². The highest BCUT2D eigenvalue weighted by Crippen LogP contribution is 2.27. The van der Waals surface area contributed by atoms with Gasteiger partial charge in [-0.15, -0.1) is 0 Å². The molecule has 1 aromatic rings. The summed E-state index contributed by atoms with van der Waals surface area (Å²) in [5.41, 5.74) is 1.87. The van der Waals surface area contributed by atoms with Gasteiger partial charge < -0.3 is 24.0 Å². The lowest BCUT2D eigenvalue weighted by Gasteiger charge is -2.31. The summed E-state index contributed by atoms with van der Waals surface area (Å²) in [6.45, 7) is 0.0712. The van der Waals surface area contributed by atoms with Crippen molar-refractivity contribution >= 4 is 23.5 Å². The van der Waals surface area contributed by atoms with Crippen molar-refractivity contribution in [1.82, 2.24) is 4.90 Å². The molecule has 0 saturated heterocycles. The van der Waals surface area contributed by atoms with Crippen LogP contribution in [0.5, 0.6) is 0 Å². The van der Waals surface area contributed by atoms with Crippen molar-refractivity contribution in [3.05, 3.63) is 41.1 Å². The Kier molecular flexibility index (Phi) is 6.95. The van der Waals surface area contributed by atoms with Crippen LogP contribution in [0.25, 0.3) is 0 Å². The second kappa shape index (κ2) is 9.18. The number of carbonyl (C=O) groups is 3. The Morgan fingerprint density at radius 3 is 2.26 bits per heavy atom. The molecule has 8 heteroatoms. The van der Waals surface area contributed by atoms with Crippen LogP contribution in [-0.4, -0.2) is 64.4 Å². The molecule has 1 aliphatic rings. The summed E-state index contributed by atoms with van der Waals surface area (Å²) in [7, 11) is 5.94. The number of amides is 1. The van der Waals surface area contributed by atoms with Crippen LogP contribution in [0.4, 0.5) is 5.69 Å². The maximum absolute atomic E-state index is 12.3. The quantitative estimate of drug-likeness (QED) is 0.687. The molecule has 0 radical (unpaired) electrons. The third-order valence-electron chi connectivity index (χ3n) is 4.21.